The molecule has 1 atom stereocenters. The number of hydrogen-bond donors (Lipinski definition) is 1. The van der Waals surface area contributed by atoms with Crippen molar-refractivity contribution in [1.29, 1.82) is 0 Å². The summed E-state index contributed by atoms with van der Waals surface area (Å²) in [6, 6.07) is 2.37. The number of benzene rings is 1. The Kier molecular flexibility index (Phi) is 3.35. The van der Waals surface area contributed by atoms with Gasteiger partial charge in [0.2, 0.25) is 0 Å². The molecule has 19 heavy (non-hydrogen) atoms. The van der Waals surface area contributed by atoms with Gasteiger partial charge in [-0.2, -0.15) is 0 Å². The Morgan fingerprint density at radius 2 is 2.00 bits per heavy atom. The second kappa shape index (κ2) is 4.45. The van der Waals surface area contributed by atoms with E-state index in [2.05, 4.69) is 0 Å². The summed E-state index contributed by atoms with van der Waals surface area (Å²) in [6.45, 7) is 1.87. The lowest BCUT2D eigenvalue weighted by Gasteiger charge is -2.23. The Labute approximate surface area is 112 Å². The summed E-state index contributed by atoms with van der Waals surface area (Å²) in [7, 11) is -2.17. The second-order valence-corrected chi connectivity index (χ2v) is 7.18. The minimum absolute atomic E-state index is 0.134. The van der Waals surface area contributed by atoms with Gasteiger partial charge in [0.25, 0.3) is 0 Å². The molecule has 6 heteroatoms. The fourth-order valence-corrected chi connectivity index (χ4v) is 3.22. The van der Waals surface area contributed by atoms with E-state index in [9.17, 15) is 12.8 Å². The quantitative estimate of drug-likeness (QED) is 0.913. The lowest BCUT2D eigenvalue weighted by atomic mass is 9.88. The molecule has 0 bridgehead atoms. The van der Waals surface area contributed by atoms with Crippen molar-refractivity contribution in [2.45, 2.75) is 36.1 Å². The van der Waals surface area contributed by atoms with E-state index < -0.39 is 15.7 Å². The molecular weight excluding hydrogens is 269 g/mol. The van der Waals surface area contributed by atoms with Gasteiger partial charge in [0.1, 0.15) is 16.5 Å². The van der Waals surface area contributed by atoms with Crippen molar-refractivity contribution >= 4 is 9.84 Å². The maximum absolute atomic E-state index is 14.0. The largest absolute Gasteiger partial charge is 0.496 e. The van der Waals surface area contributed by atoms with Gasteiger partial charge in [0.05, 0.1) is 7.11 Å². The fourth-order valence-electron chi connectivity index (χ4n) is 2.48. The van der Waals surface area contributed by atoms with E-state index in [4.69, 9.17) is 10.5 Å². The first-order valence-corrected chi connectivity index (χ1v) is 7.95. The van der Waals surface area contributed by atoms with Gasteiger partial charge < -0.3 is 10.5 Å². The minimum atomic E-state index is -3.61. The zero-order valence-electron chi connectivity index (χ0n) is 11.2. The van der Waals surface area contributed by atoms with Crippen LogP contribution in [0.3, 0.4) is 0 Å². The normalized spacial score (nSPS) is 19.0. The lowest BCUT2D eigenvalue weighted by molar-refractivity contribution is 0.394. The van der Waals surface area contributed by atoms with Crippen LogP contribution in [0.4, 0.5) is 4.39 Å². The summed E-state index contributed by atoms with van der Waals surface area (Å²) in [5.41, 5.74) is 6.34. The number of hydrogen-bond acceptors (Lipinski definition) is 4. The number of methoxy groups -OCH3 is 1. The number of rotatable bonds is 4. The van der Waals surface area contributed by atoms with Gasteiger partial charge in [-0.25, -0.2) is 12.8 Å². The number of ether oxygens (including phenoxy) is 1. The molecule has 4 nitrogen and oxygen atoms in total. The molecule has 0 heterocycles. The highest BCUT2D eigenvalue weighted by Crippen LogP contribution is 2.53. The highest BCUT2D eigenvalue weighted by molar-refractivity contribution is 7.90. The van der Waals surface area contributed by atoms with Crippen LogP contribution in [-0.4, -0.2) is 27.8 Å². The first kappa shape index (κ1) is 14.3. The van der Waals surface area contributed by atoms with Crippen molar-refractivity contribution in [1.82, 2.24) is 0 Å². The van der Waals surface area contributed by atoms with Crippen molar-refractivity contribution in [3.05, 3.63) is 23.5 Å². The Balaban J connectivity index is 2.63. The molecule has 0 aliphatic heterocycles. The van der Waals surface area contributed by atoms with Gasteiger partial charge in [-0.15, -0.1) is 0 Å². The molecule has 0 amide bonds. The molecule has 1 aliphatic carbocycles. The molecule has 0 saturated heterocycles. The first-order chi connectivity index (χ1) is 8.72. The van der Waals surface area contributed by atoms with E-state index in [1.807, 2.05) is 6.92 Å². The number of sulfone groups is 1. The molecule has 1 aromatic carbocycles. The smallest absolute Gasteiger partial charge is 0.178 e. The van der Waals surface area contributed by atoms with E-state index in [-0.39, 0.29) is 16.4 Å². The predicted molar refractivity (Wildman–Crippen MR) is 70.6 cm³/mol. The van der Waals surface area contributed by atoms with Crippen molar-refractivity contribution < 1.29 is 17.5 Å². The van der Waals surface area contributed by atoms with E-state index in [1.54, 1.807) is 0 Å². The molecule has 2 rings (SSSR count). The Hall–Kier alpha value is -1.14. The van der Waals surface area contributed by atoms with Crippen LogP contribution in [0.2, 0.25) is 0 Å². The van der Waals surface area contributed by atoms with Crippen LogP contribution in [0.15, 0.2) is 17.0 Å². The Morgan fingerprint density at radius 3 is 2.37 bits per heavy atom. The molecule has 0 aromatic heterocycles. The standard InChI is InChI=1S/C13H18FNO3S/c1-8(15)13(4-5-13)9-6-10(14)12(19(3,16)17)7-11(9)18-2/h6-8H,4-5,15H2,1-3H3. The summed E-state index contributed by atoms with van der Waals surface area (Å²) in [6.07, 6.45) is 2.69. The highest BCUT2D eigenvalue weighted by atomic mass is 32.2. The highest BCUT2D eigenvalue weighted by Gasteiger charge is 2.49. The Morgan fingerprint density at radius 1 is 1.42 bits per heavy atom. The summed E-state index contributed by atoms with van der Waals surface area (Å²) in [4.78, 5) is -0.339. The average molecular weight is 287 g/mol. The number of halogens is 1. The molecular formula is C13H18FNO3S. The maximum atomic E-state index is 14.0. The maximum Gasteiger partial charge on any atom is 0.178 e. The molecule has 1 aromatic rings. The third-order valence-electron chi connectivity index (χ3n) is 3.85. The zero-order chi connectivity index (χ0) is 14.4. The molecule has 1 aliphatic rings. The van der Waals surface area contributed by atoms with Gasteiger partial charge >= 0.3 is 0 Å². The third kappa shape index (κ3) is 2.34. The van der Waals surface area contributed by atoms with Crippen LogP contribution in [0.25, 0.3) is 0 Å². The van der Waals surface area contributed by atoms with Crippen molar-refractivity contribution in [3.63, 3.8) is 0 Å². The van der Waals surface area contributed by atoms with Crippen molar-refractivity contribution in [2.75, 3.05) is 13.4 Å². The van der Waals surface area contributed by atoms with Gasteiger partial charge in [0.15, 0.2) is 9.84 Å². The van der Waals surface area contributed by atoms with Crippen LogP contribution >= 0.6 is 0 Å². The van der Waals surface area contributed by atoms with E-state index >= 15 is 0 Å². The van der Waals surface area contributed by atoms with E-state index in [0.717, 1.165) is 19.1 Å². The summed E-state index contributed by atoms with van der Waals surface area (Å²) >= 11 is 0. The van der Waals surface area contributed by atoms with Crippen molar-refractivity contribution in [2.24, 2.45) is 5.73 Å². The second-order valence-electron chi connectivity index (χ2n) is 5.20. The van der Waals surface area contributed by atoms with Crippen LogP contribution in [0, 0.1) is 5.82 Å². The fraction of sp³-hybridized carbons (Fsp3) is 0.538. The van der Waals surface area contributed by atoms with Gasteiger partial charge in [-0.3, -0.25) is 0 Å². The predicted octanol–water partition coefficient (Wildman–Crippen LogP) is 1.62. The van der Waals surface area contributed by atoms with Crippen molar-refractivity contribution in [3.8, 4) is 5.75 Å². The molecule has 0 spiro atoms. The van der Waals surface area contributed by atoms with E-state index in [1.165, 1.54) is 19.2 Å². The summed E-state index contributed by atoms with van der Waals surface area (Å²) in [5.74, 6) is -0.359. The van der Waals surface area contributed by atoms with Crippen LogP contribution in [-0.2, 0) is 15.3 Å². The van der Waals surface area contributed by atoms with Gasteiger partial charge in [-0.05, 0) is 25.8 Å². The first-order valence-electron chi connectivity index (χ1n) is 6.06. The summed E-state index contributed by atoms with van der Waals surface area (Å²) in [5, 5.41) is 0. The minimum Gasteiger partial charge on any atom is -0.496 e. The number of nitrogens with two attached hydrogens (primary N) is 1. The molecule has 0 radical (unpaired) electrons. The molecule has 2 N–H and O–H groups in total. The monoisotopic (exact) mass is 287 g/mol. The average Bonchev–Trinajstić information content (AvgIpc) is 3.08. The van der Waals surface area contributed by atoms with Crippen LogP contribution in [0.5, 0.6) is 5.75 Å². The molecule has 1 unspecified atom stereocenters. The third-order valence-corrected chi connectivity index (χ3v) is 4.96. The summed E-state index contributed by atoms with van der Waals surface area (Å²) < 4.78 is 42.3. The van der Waals surface area contributed by atoms with E-state index in [0.29, 0.717) is 11.3 Å². The van der Waals surface area contributed by atoms with Gasteiger partial charge in [-0.1, -0.05) is 0 Å². The molecule has 1 fully saturated rings. The van der Waals surface area contributed by atoms with Crippen LogP contribution in [0.1, 0.15) is 25.3 Å². The SMILES string of the molecule is COc1cc(S(C)(=O)=O)c(F)cc1C1(C(C)N)CC1. The topological polar surface area (TPSA) is 69.4 Å². The van der Waals surface area contributed by atoms with Gasteiger partial charge in [0, 0.05) is 29.3 Å². The molecule has 1 saturated carbocycles. The Bertz CT molecular complexity index is 607. The van der Waals surface area contributed by atoms with Crippen LogP contribution < -0.4 is 10.5 Å². The zero-order valence-corrected chi connectivity index (χ0v) is 12.1. The molecule has 106 valence electrons. The lowest BCUT2D eigenvalue weighted by Crippen LogP contribution is -2.32.